The van der Waals surface area contributed by atoms with Crippen molar-refractivity contribution in [2.45, 2.75) is 13.3 Å². The number of methoxy groups -OCH3 is 1. The number of amides is 2. The molecule has 1 aromatic carbocycles. The van der Waals surface area contributed by atoms with Gasteiger partial charge in [-0.25, -0.2) is 0 Å². The molecular weight excluding hydrogens is 272 g/mol. The van der Waals surface area contributed by atoms with Gasteiger partial charge in [-0.3, -0.25) is 14.4 Å². The molecular formula is C15H20N2O4. The Kier molecular flexibility index (Phi) is 5.90. The van der Waals surface area contributed by atoms with Crippen molar-refractivity contribution in [1.82, 2.24) is 4.90 Å². The van der Waals surface area contributed by atoms with Crippen LogP contribution in [-0.4, -0.2) is 50.4 Å². The first kappa shape index (κ1) is 16.7. The molecule has 0 aromatic heterocycles. The van der Waals surface area contributed by atoms with Gasteiger partial charge in [0.25, 0.3) is 5.91 Å². The average molecular weight is 292 g/mol. The molecule has 0 heterocycles. The van der Waals surface area contributed by atoms with Crippen LogP contribution < -0.4 is 4.90 Å². The molecule has 0 fully saturated rings. The molecule has 6 heteroatoms. The fourth-order valence-corrected chi connectivity index (χ4v) is 1.78. The highest BCUT2D eigenvalue weighted by Crippen LogP contribution is 2.20. The van der Waals surface area contributed by atoms with Gasteiger partial charge in [0.1, 0.15) is 0 Å². The Bertz CT molecular complexity index is 542. The standard InChI is InChI=1S/C15H20N2O4/c1-11(18)17(3)13-8-6-5-7-12(13)15(20)16(2)10-9-14(19)21-4/h5-8H,9-10H2,1-4H3. The van der Waals surface area contributed by atoms with Gasteiger partial charge >= 0.3 is 5.97 Å². The lowest BCUT2D eigenvalue weighted by atomic mass is 10.1. The fourth-order valence-electron chi connectivity index (χ4n) is 1.78. The lowest BCUT2D eigenvalue weighted by Crippen LogP contribution is -2.32. The molecule has 1 rings (SSSR count). The van der Waals surface area contributed by atoms with Gasteiger partial charge in [0.15, 0.2) is 0 Å². The Hall–Kier alpha value is -2.37. The Labute approximate surface area is 124 Å². The van der Waals surface area contributed by atoms with Gasteiger partial charge in [0.05, 0.1) is 24.8 Å². The van der Waals surface area contributed by atoms with Gasteiger partial charge < -0.3 is 14.5 Å². The molecule has 0 unspecified atom stereocenters. The SMILES string of the molecule is COC(=O)CCN(C)C(=O)c1ccccc1N(C)C(C)=O. The van der Waals surface area contributed by atoms with Crippen molar-refractivity contribution in [2.24, 2.45) is 0 Å². The van der Waals surface area contributed by atoms with Crippen molar-refractivity contribution in [3.05, 3.63) is 29.8 Å². The Balaban J connectivity index is 2.92. The van der Waals surface area contributed by atoms with E-state index in [0.29, 0.717) is 11.3 Å². The number of nitrogens with zero attached hydrogens (tertiary/aromatic N) is 2. The third-order valence-electron chi connectivity index (χ3n) is 3.19. The number of carbonyl (C=O) groups excluding carboxylic acids is 3. The van der Waals surface area contributed by atoms with E-state index in [0.717, 1.165) is 0 Å². The highest BCUT2D eigenvalue weighted by Gasteiger charge is 2.19. The number of rotatable bonds is 5. The molecule has 0 N–H and O–H groups in total. The van der Waals surface area contributed by atoms with Gasteiger partial charge in [0.2, 0.25) is 5.91 Å². The maximum atomic E-state index is 12.4. The van der Waals surface area contributed by atoms with E-state index in [1.165, 1.54) is 23.8 Å². The summed E-state index contributed by atoms with van der Waals surface area (Å²) < 4.78 is 4.55. The van der Waals surface area contributed by atoms with Crippen LogP contribution >= 0.6 is 0 Å². The van der Waals surface area contributed by atoms with Gasteiger partial charge in [-0.2, -0.15) is 0 Å². The smallest absolute Gasteiger partial charge is 0.307 e. The van der Waals surface area contributed by atoms with Gasteiger partial charge in [-0.15, -0.1) is 0 Å². The highest BCUT2D eigenvalue weighted by atomic mass is 16.5. The zero-order valence-electron chi connectivity index (χ0n) is 12.8. The van der Waals surface area contributed by atoms with E-state index in [-0.39, 0.29) is 30.7 Å². The number of carbonyl (C=O) groups is 3. The van der Waals surface area contributed by atoms with Crippen LogP contribution in [-0.2, 0) is 14.3 Å². The molecule has 2 amide bonds. The minimum Gasteiger partial charge on any atom is -0.469 e. The summed E-state index contributed by atoms with van der Waals surface area (Å²) in [5, 5.41) is 0. The number of para-hydroxylation sites is 1. The molecule has 114 valence electrons. The summed E-state index contributed by atoms with van der Waals surface area (Å²) in [5.41, 5.74) is 0.961. The van der Waals surface area contributed by atoms with Crippen LogP contribution in [0, 0.1) is 0 Å². The number of hydrogen-bond acceptors (Lipinski definition) is 4. The average Bonchev–Trinajstić information content (AvgIpc) is 2.50. The van der Waals surface area contributed by atoms with Crippen LogP contribution in [0.4, 0.5) is 5.69 Å². The maximum Gasteiger partial charge on any atom is 0.307 e. The summed E-state index contributed by atoms with van der Waals surface area (Å²) in [4.78, 5) is 37.9. The molecule has 0 aliphatic carbocycles. The largest absolute Gasteiger partial charge is 0.469 e. The van der Waals surface area contributed by atoms with Crippen molar-refractivity contribution >= 4 is 23.5 Å². The number of benzene rings is 1. The Morgan fingerprint density at radius 1 is 1.14 bits per heavy atom. The van der Waals surface area contributed by atoms with Crippen LogP contribution in [0.15, 0.2) is 24.3 Å². The fraction of sp³-hybridized carbons (Fsp3) is 0.400. The van der Waals surface area contributed by atoms with E-state index in [1.807, 2.05) is 0 Å². The molecule has 0 aliphatic heterocycles. The highest BCUT2D eigenvalue weighted by molar-refractivity contribution is 6.04. The summed E-state index contributed by atoms with van der Waals surface area (Å²) >= 11 is 0. The van der Waals surface area contributed by atoms with Crippen molar-refractivity contribution in [2.75, 3.05) is 32.6 Å². The molecule has 0 saturated carbocycles. The Morgan fingerprint density at radius 2 is 1.76 bits per heavy atom. The molecule has 0 aliphatic rings. The maximum absolute atomic E-state index is 12.4. The van der Waals surface area contributed by atoms with E-state index in [2.05, 4.69) is 4.74 Å². The molecule has 0 saturated heterocycles. The lowest BCUT2D eigenvalue weighted by Gasteiger charge is -2.22. The summed E-state index contributed by atoms with van der Waals surface area (Å²) in [5.74, 6) is -0.779. The normalized spacial score (nSPS) is 9.90. The first-order valence-corrected chi connectivity index (χ1v) is 6.54. The predicted octanol–water partition coefficient (Wildman–Crippen LogP) is 1.30. The molecule has 1 aromatic rings. The van der Waals surface area contributed by atoms with Crippen LogP contribution in [0.3, 0.4) is 0 Å². The van der Waals surface area contributed by atoms with Crippen LogP contribution in [0.5, 0.6) is 0 Å². The molecule has 0 atom stereocenters. The van der Waals surface area contributed by atoms with Crippen LogP contribution in [0.2, 0.25) is 0 Å². The molecule has 0 bridgehead atoms. The van der Waals surface area contributed by atoms with Gasteiger partial charge in [0, 0.05) is 27.6 Å². The molecule has 21 heavy (non-hydrogen) atoms. The lowest BCUT2D eigenvalue weighted by molar-refractivity contribution is -0.140. The topological polar surface area (TPSA) is 66.9 Å². The van der Waals surface area contributed by atoms with Crippen molar-refractivity contribution in [3.8, 4) is 0 Å². The number of ether oxygens (including phenoxy) is 1. The molecule has 6 nitrogen and oxygen atoms in total. The second-order valence-corrected chi connectivity index (χ2v) is 4.65. The number of esters is 1. The van der Waals surface area contributed by atoms with Gasteiger partial charge in [-0.1, -0.05) is 12.1 Å². The molecule has 0 radical (unpaired) electrons. The van der Waals surface area contributed by atoms with E-state index in [9.17, 15) is 14.4 Å². The summed E-state index contributed by atoms with van der Waals surface area (Å²) in [6, 6.07) is 6.87. The van der Waals surface area contributed by atoms with E-state index in [1.54, 1.807) is 38.4 Å². The van der Waals surface area contributed by atoms with Crippen LogP contribution in [0.25, 0.3) is 0 Å². The van der Waals surface area contributed by atoms with Gasteiger partial charge in [-0.05, 0) is 12.1 Å². The van der Waals surface area contributed by atoms with Crippen molar-refractivity contribution < 1.29 is 19.1 Å². The zero-order chi connectivity index (χ0) is 16.0. The quantitative estimate of drug-likeness (QED) is 0.767. The van der Waals surface area contributed by atoms with E-state index >= 15 is 0 Å². The minimum atomic E-state index is -0.371. The Morgan fingerprint density at radius 3 is 2.33 bits per heavy atom. The number of anilines is 1. The number of hydrogen-bond donors (Lipinski definition) is 0. The summed E-state index contributed by atoms with van der Waals surface area (Å²) in [6.07, 6.45) is 0.128. The minimum absolute atomic E-state index is 0.128. The summed E-state index contributed by atoms with van der Waals surface area (Å²) in [6.45, 7) is 1.69. The van der Waals surface area contributed by atoms with E-state index < -0.39 is 0 Å². The third kappa shape index (κ3) is 4.30. The second kappa shape index (κ2) is 7.42. The predicted molar refractivity (Wildman–Crippen MR) is 79.1 cm³/mol. The first-order chi connectivity index (χ1) is 9.88. The molecule has 0 spiro atoms. The van der Waals surface area contributed by atoms with Crippen molar-refractivity contribution in [3.63, 3.8) is 0 Å². The monoisotopic (exact) mass is 292 g/mol. The van der Waals surface area contributed by atoms with E-state index in [4.69, 9.17) is 0 Å². The van der Waals surface area contributed by atoms with Crippen LogP contribution in [0.1, 0.15) is 23.7 Å². The zero-order valence-corrected chi connectivity index (χ0v) is 12.8. The second-order valence-electron chi connectivity index (χ2n) is 4.65. The third-order valence-corrected chi connectivity index (χ3v) is 3.19. The van der Waals surface area contributed by atoms with Crippen molar-refractivity contribution in [1.29, 1.82) is 0 Å². The first-order valence-electron chi connectivity index (χ1n) is 6.54. The summed E-state index contributed by atoms with van der Waals surface area (Å²) in [7, 11) is 4.53.